The van der Waals surface area contributed by atoms with Crippen LogP contribution in [0.5, 0.6) is 0 Å². The van der Waals surface area contributed by atoms with E-state index in [2.05, 4.69) is 9.97 Å². The van der Waals surface area contributed by atoms with E-state index in [0.29, 0.717) is 15.9 Å². The van der Waals surface area contributed by atoms with Crippen LogP contribution >= 0.6 is 23.4 Å². The van der Waals surface area contributed by atoms with Crippen LogP contribution in [0.3, 0.4) is 0 Å². The van der Waals surface area contributed by atoms with Gasteiger partial charge in [0.05, 0.1) is 0 Å². The lowest BCUT2D eigenvalue weighted by Gasteiger charge is -2.04. The van der Waals surface area contributed by atoms with Gasteiger partial charge >= 0.3 is 0 Å². The first-order chi connectivity index (χ1) is 7.65. The molecule has 0 saturated carbocycles. The van der Waals surface area contributed by atoms with Crippen LogP contribution in [0.4, 0.5) is 5.69 Å². The second-order valence-electron chi connectivity index (χ2n) is 3.26. The highest BCUT2D eigenvalue weighted by Gasteiger charge is 2.05. The van der Waals surface area contributed by atoms with Gasteiger partial charge in [-0.2, -0.15) is 0 Å². The molecule has 1 heterocycles. The van der Waals surface area contributed by atoms with E-state index in [0.717, 1.165) is 10.6 Å². The Kier molecular flexibility index (Phi) is 3.31. The minimum Gasteiger partial charge on any atom is -0.398 e. The van der Waals surface area contributed by atoms with Crippen molar-refractivity contribution >= 4 is 29.1 Å². The monoisotopic (exact) mass is 251 g/mol. The summed E-state index contributed by atoms with van der Waals surface area (Å²) in [6, 6.07) is 7.21. The normalized spacial score (nSPS) is 10.4. The Morgan fingerprint density at radius 2 is 2.12 bits per heavy atom. The molecule has 0 unspecified atom stereocenters. The van der Waals surface area contributed by atoms with Crippen LogP contribution in [0.2, 0.25) is 5.02 Å². The summed E-state index contributed by atoms with van der Waals surface area (Å²) in [4.78, 5) is 9.32. The fourth-order valence-electron chi connectivity index (χ4n) is 1.17. The number of benzene rings is 1. The van der Waals surface area contributed by atoms with Gasteiger partial charge in [-0.1, -0.05) is 11.6 Å². The molecule has 2 aromatic rings. The van der Waals surface area contributed by atoms with Crippen molar-refractivity contribution in [3.8, 4) is 0 Å². The van der Waals surface area contributed by atoms with E-state index in [-0.39, 0.29) is 0 Å². The second-order valence-corrected chi connectivity index (χ2v) is 4.71. The zero-order chi connectivity index (χ0) is 11.5. The summed E-state index contributed by atoms with van der Waals surface area (Å²) in [6.07, 6.45) is 1.73. The highest BCUT2D eigenvalue weighted by Crippen LogP contribution is 2.31. The van der Waals surface area contributed by atoms with Crippen LogP contribution in [0, 0.1) is 6.92 Å². The Labute approximate surface area is 103 Å². The molecule has 16 heavy (non-hydrogen) atoms. The average Bonchev–Trinajstić information content (AvgIpc) is 2.24. The quantitative estimate of drug-likeness (QED) is 0.658. The van der Waals surface area contributed by atoms with Gasteiger partial charge in [-0.3, -0.25) is 0 Å². The van der Waals surface area contributed by atoms with E-state index in [9.17, 15) is 0 Å². The van der Waals surface area contributed by atoms with Crippen molar-refractivity contribution in [1.29, 1.82) is 0 Å². The molecular formula is C11H10ClN3S. The van der Waals surface area contributed by atoms with Crippen LogP contribution < -0.4 is 5.73 Å². The topological polar surface area (TPSA) is 51.8 Å². The molecule has 2 N–H and O–H groups in total. The standard InChI is InChI=1S/C11H10ClN3S/c1-7-4-5-14-11(15-7)16-10-6-8(12)2-3-9(10)13/h2-6H,13H2,1H3. The lowest BCUT2D eigenvalue weighted by molar-refractivity contribution is 0.932. The molecule has 5 heteroatoms. The molecule has 0 saturated heterocycles. The number of nitrogens with zero attached hydrogens (tertiary/aromatic N) is 2. The summed E-state index contributed by atoms with van der Waals surface area (Å²) in [6.45, 7) is 1.92. The van der Waals surface area contributed by atoms with E-state index < -0.39 is 0 Å². The van der Waals surface area contributed by atoms with Gasteiger partial charge in [-0.25, -0.2) is 9.97 Å². The van der Waals surface area contributed by atoms with Crippen LogP contribution in [-0.2, 0) is 0 Å². The molecule has 0 aliphatic carbocycles. The Balaban J connectivity index is 2.30. The maximum absolute atomic E-state index is 5.90. The van der Waals surface area contributed by atoms with E-state index in [1.807, 2.05) is 19.1 Å². The molecule has 0 amide bonds. The number of rotatable bonds is 2. The zero-order valence-electron chi connectivity index (χ0n) is 8.64. The molecule has 0 spiro atoms. The first-order valence-corrected chi connectivity index (χ1v) is 5.87. The van der Waals surface area contributed by atoms with Crippen LogP contribution in [0.25, 0.3) is 0 Å². The summed E-state index contributed by atoms with van der Waals surface area (Å²) in [7, 11) is 0. The molecule has 82 valence electrons. The smallest absolute Gasteiger partial charge is 0.192 e. The van der Waals surface area contributed by atoms with Crippen molar-refractivity contribution in [2.75, 3.05) is 5.73 Å². The van der Waals surface area contributed by atoms with Crippen molar-refractivity contribution in [1.82, 2.24) is 9.97 Å². The third-order valence-corrected chi connectivity index (χ3v) is 3.14. The van der Waals surface area contributed by atoms with Crippen molar-refractivity contribution in [3.63, 3.8) is 0 Å². The van der Waals surface area contributed by atoms with Gasteiger partial charge in [0.15, 0.2) is 5.16 Å². The first kappa shape index (κ1) is 11.2. The summed E-state index contributed by atoms with van der Waals surface area (Å²) < 4.78 is 0. The summed E-state index contributed by atoms with van der Waals surface area (Å²) >= 11 is 7.32. The van der Waals surface area contributed by atoms with Gasteiger partial charge in [-0.05, 0) is 43.0 Å². The van der Waals surface area contributed by atoms with E-state index in [1.54, 1.807) is 18.3 Å². The number of halogens is 1. The Morgan fingerprint density at radius 1 is 1.31 bits per heavy atom. The Morgan fingerprint density at radius 3 is 2.88 bits per heavy atom. The van der Waals surface area contributed by atoms with Crippen molar-refractivity contribution in [2.24, 2.45) is 0 Å². The van der Waals surface area contributed by atoms with E-state index >= 15 is 0 Å². The molecular weight excluding hydrogens is 242 g/mol. The molecule has 3 nitrogen and oxygen atoms in total. The fraction of sp³-hybridized carbons (Fsp3) is 0.0909. The summed E-state index contributed by atoms with van der Waals surface area (Å²) in [5, 5.41) is 1.33. The largest absolute Gasteiger partial charge is 0.398 e. The highest BCUT2D eigenvalue weighted by atomic mass is 35.5. The summed E-state index contributed by atoms with van der Waals surface area (Å²) in [5.74, 6) is 0. The van der Waals surface area contributed by atoms with Gasteiger partial charge in [0.25, 0.3) is 0 Å². The van der Waals surface area contributed by atoms with Crippen molar-refractivity contribution in [3.05, 3.63) is 41.2 Å². The van der Waals surface area contributed by atoms with Crippen LogP contribution in [0.15, 0.2) is 40.5 Å². The van der Waals surface area contributed by atoms with Crippen LogP contribution in [0.1, 0.15) is 5.69 Å². The number of hydrogen-bond donors (Lipinski definition) is 1. The molecule has 0 fully saturated rings. The molecule has 0 aliphatic heterocycles. The average molecular weight is 252 g/mol. The van der Waals surface area contributed by atoms with Gasteiger partial charge in [0.2, 0.25) is 0 Å². The molecule has 1 aromatic carbocycles. The predicted molar refractivity (Wildman–Crippen MR) is 66.8 cm³/mol. The van der Waals surface area contributed by atoms with Crippen molar-refractivity contribution < 1.29 is 0 Å². The number of hydrogen-bond acceptors (Lipinski definition) is 4. The third kappa shape index (κ3) is 2.65. The van der Waals surface area contributed by atoms with E-state index in [1.165, 1.54) is 11.8 Å². The minimum atomic E-state index is 0.657. The number of aryl methyl sites for hydroxylation is 1. The molecule has 1 aromatic heterocycles. The van der Waals surface area contributed by atoms with Gasteiger partial charge in [0.1, 0.15) is 0 Å². The zero-order valence-corrected chi connectivity index (χ0v) is 10.2. The number of anilines is 1. The maximum Gasteiger partial charge on any atom is 0.192 e. The van der Waals surface area contributed by atoms with Gasteiger partial charge in [-0.15, -0.1) is 0 Å². The van der Waals surface area contributed by atoms with Crippen LogP contribution in [-0.4, -0.2) is 9.97 Å². The fourth-order valence-corrected chi connectivity index (χ4v) is 2.28. The van der Waals surface area contributed by atoms with Gasteiger partial charge < -0.3 is 5.73 Å². The van der Waals surface area contributed by atoms with E-state index in [4.69, 9.17) is 17.3 Å². The SMILES string of the molecule is Cc1ccnc(Sc2cc(Cl)ccc2N)n1. The summed E-state index contributed by atoms with van der Waals surface area (Å²) in [5.41, 5.74) is 7.45. The number of aromatic nitrogens is 2. The number of nitrogens with two attached hydrogens (primary N) is 1. The molecule has 2 rings (SSSR count). The van der Waals surface area contributed by atoms with Crippen molar-refractivity contribution in [2.45, 2.75) is 17.0 Å². The third-order valence-electron chi connectivity index (χ3n) is 1.95. The molecule has 0 atom stereocenters. The first-order valence-electron chi connectivity index (χ1n) is 4.67. The molecule has 0 bridgehead atoms. The number of nitrogen functional groups attached to an aromatic ring is 1. The maximum atomic E-state index is 5.90. The Hall–Kier alpha value is -1.26. The Bertz CT molecular complexity index is 516. The second kappa shape index (κ2) is 4.72. The highest BCUT2D eigenvalue weighted by molar-refractivity contribution is 7.99. The predicted octanol–water partition coefficient (Wildman–Crippen LogP) is 3.17. The minimum absolute atomic E-state index is 0.657. The lowest BCUT2D eigenvalue weighted by Crippen LogP contribution is -1.91. The molecule has 0 aliphatic rings. The lowest BCUT2D eigenvalue weighted by atomic mass is 10.3. The molecule has 0 radical (unpaired) electrons. The van der Waals surface area contributed by atoms with Gasteiger partial charge in [0, 0.05) is 27.5 Å².